The predicted molar refractivity (Wildman–Crippen MR) is 124 cm³/mol. The van der Waals surface area contributed by atoms with Gasteiger partial charge in [-0.1, -0.05) is 41.7 Å². The first-order chi connectivity index (χ1) is 14.7. The van der Waals surface area contributed by atoms with Crippen LogP contribution in [0.3, 0.4) is 0 Å². The van der Waals surface area contributed by atoms with Crippen LogP contribution in [0.5, 0.6) is 0 Å². The Labute approximate surface area is 180 Å². The number of benzene rings is 2. The van der Waals surface area contributed by atoms with E-state index in [9.17, 15) is 4.79 Å². The highest BCUT2D eigenvalue weighted by atomic mass is 32.1. The lowest BCUT2D eigenvalue weighted by Crippen LogP contribution is -2.29. The van der Waals surface area contributed by atoms with Gasteiger partial charge in [0.2, 0.25) is 0 Å². The van der Waals surface area contributed by atoms with E-state index in [0.29, 0.717) is 4.88 Å². The summed E-state index contributed by atoms with van der Waals surface area (Å²) in [6, 6.07) is 18.3. The molecule has 1 fully saturated rings. The van der Waals surface area contributed by atoms with Gasteiger partial charge >= 0.3 is 0 Å². The topological polar surface area (TPSA) is 49.6 Å². The second-order valence-corrected chi connectivity index (χ2v) is 8.69. The molecule has 1 aliphatic heterocycles. The molecule has 30 heavy (non-hydrogen) atoms. The molecule has 1 N–H and O–H groups in total. The van der Waals surface area contributed by atoms with Crippen LogP contribution in [0.4, 0.5) is 11.4 Å². The van der Waals surface area contributed by atoms with Crippen molar-refractivity contribution < 1.29 is 4.79 Å². The Balaban J connectivity index is 1.33. The zero-order chi connectivity index (χ0) is 20.5. The number of rotatable bonds is 4. The van der Waals surface area contributed by atoms with E-state index in [1.165, 1.54) is 36.3 Å². The summed E-state index contributed by atoms with van der Waals surface area (Å²) in [6.45, 7) is 4.20. The molecule has 0 aliphatic carbocycles. The molecule has 1 aliphatic rings. The van der Waals surface area contributed by atoms with E-state index in [1.807, 2.05) is 60.0 Å². The second kappa shape index (κ2) is 7.95. The van der Waals surface area contributed by atoms with Crippen molar-refractivity contribution in [3.8, 4) is 11.3 Å². The quantitative estimate of drug-likeness (QED) is 0.470. The standard InChI is InChI=1S/C24H24N4OS/c1-17-22(30-24-26-21(16-28(17)24)18-8-4-2-5-9-18)23(29)25-19-10-12-20(13-11-19)27-14-6-3-7-15-27/h2,4-5,8-13,16H,3,6-7,14-15H2,1H3,(H,25,29). The molecule has 0 spiro atoms. The summed E-state index contributed by atoms with van der Waals surface area (Å²) >= 11 is 1.42. The monoisotopic (exact) mass is 416 g/mol. The Morgan fingerprint density at radius 1 is 1.00 bits per heavy atom. The molecule has 1 amide bonds. The van der Waals surface area contributed by atoms with Crippen molar-refractivity contribution in [2.24, 2.45) is 0 Å². The molecule has 3 heterocycles. The van der Waals surface area contributed by atoms with Gasteiger partial charge in [0.25, 0.3) is 5.91 Å². The maximum absolute atomic E-state index is 12.9. The smallest absolute Gasteiger partial charge is 0.267 e. The number of hydrogen-bond donors (Lipinski definition) is 1. The van der Waals surface area contributed by atoms with Gasteiger partial charge in [-0.3, -0.25) is 9.20 Å². The largest absolute Gasteiger partial charge is 0.372 e. The maximum atomic E-state index is 12.9. The molecule has 152 valence electrons. The second-order valence-electron chi connectivity index (χ2n) is 7.71. The Bertz CT molecular complexity index is 1170. The van der Waals surface area contributed by atoms with Crippen LogP contribution in [0.2, 0.25) is 0 Å². The molecule has 6 heteroatoms. The highest BCUT2D eigenvalue weighted by Gasteiger charge is 2.18. The van der Waals surface area contributed by atoms with Crippen LogP contribution in [0.25, 0.3) is 16.2 Å². The van der Waals surface area contributed by atoms with Gasteiger partial charge in [-0.25, -0.2) is 4.98 Å². The fraction of sp³-hybridized carbons (Fsp3) is 0.250. The Kier molecular flexibility index (Phi) is 5.01. The zero-order valence-electron chi connectivity index (χ0n) is 17.0. The number of carbonyl (C=O) groups excluding carboxylic acids is 1. The normalized spacial score (nSPS) is 14.2. The Morgan fingerprint density at radius 2 is 1.73 bits per heavy atom. The number of piperidine rings is 1. The first-order valence-corrected chi connectivity index (χ1v) is 11.2. The van der Waals surface area contributed by atoms with Crippen LogP contribution in [-0.4, -0.2) is 28.4 Å². The minimum atomic E-state index is -0.0880. The molecule has 0 unspecified atom stereocenters. The highest BCUT2D eigenvalue weighted by Crippen LogP contribution is 2.28. The Hall–Kier alpha value is -3.12. The average Bonchev–Trinajstić information content (AvgIpc) is 3.35. The number of amides is 1. The molecule has 4 aromatic rings. The fourth-order valence-corrected chi connectivity index (χ4v) is 5.01. The van der Waals surface area contributed by atoms with Crippen molar-refractivity contribution in [1.82, 2.24) is 9.38 Å². The van der Waals surface area contributed by atoms with Gasteiger partial charge in [0.15, 0.2) is 4.96 Å². The van der Waals surface area contributed by atoms with Crippen molar-refractivity contribution in [3.63, 3.8) is 0 Å². The van der Waals surface area contributed by atoms with Gasteiger partial charge in [0, 0.05) is 41.9 Å². The third kappa shape index (κ3) is 3.59. The van der Waals surface area contributed by atoms with Crippen molar-refractivity contribution in [3.05, 3.63) is 71.4 Å². The molecule has 5 rings (SSSR count). The SMILES string of the molecule is Cc1c(C(=O)Nc2ccc(N3CCCCC3)cc2)sc2nc(-c3ccccc3)cn12. The first kappa shape index (κ1) is 18.9. The van der Waals surface area contributed by atoms with Crippen LogP contribution in [0.15, 0.2) is 60.8 Å². The number of nitrogens with one attached hydrogen (secondary N) is 1. The number of hydrogen-bond acceptors (Lipinski definition) is 4. The van der Waals surface area contributed by atoms with Crippen molar-refractivity contribution in [2.45, 2.75) is 26.2 Å². The first-order valence-electron chi connectivity index (χ1n) is 10.4. The lowest BCUT2D eigenvalue weighted by molar-refractivity contribution is 0.102. The van der Waals surface area contributed by atoms with Crippen LogP contribution in [-0.2, 0) is 0 Å². The molecule has 5 nitrogen and oxygen atoms in total. The van der Waals surface area contributed by atoms with Crippen LogP contribution in [0, 0.1) is 6.92 Å². The van der Waals surface area contributed by atoms with Gasteiger partial charge in [-0.15, -0.1) is 0 Å². The van der Waals surface area contributed by atoms with E-state index in [-0.39, 0.29) is 5.91 Å². The number of aromatic nitrogens is 2. The van der Waals surface area contributed by atoms with Crippen LogP contribution < -0.4 is 10.2 Å². The van der Waals surface area contributed by atoms with Gasteiger partial charge in [-0.05, 0) is 50.5 Å². The van der Waals surface area contributed by atoms with Crippen LogP contribution in [0.1, 0.15) is 34.6 Å². The summed E-state index contributed by atoms with van der Waals surface area (Å²) in [6.07, 6.45) is 5.83. The fourth-order valence-electron chi connectivity index (χ4n) is 4.00. The summed E-state index contributed by atoms with van der Waals surface area (Å²) in [5.74, 6) is -0.0880. The van der Waals surface area contributed by atoms with E-state index >= 15 is 0 Å². The minimum Gasteiger partial charge on any atom is -0.372 e. The summed E-state index contributed by atoms with van der Waals surface area (Å²) in [5.41, 5.74) is 4.95. The van der Waals surface area contributed by atoms with Crippen molar-refractivity contribution in [2.75, 3.05) is 23.3 Å². The van der Waals surface area contributed by atoms with E-state index < -0.39 is 0 Å². The van der Waals surface area contributed by atoms with Crippen molar-refractivity contribution in [1.29, 1.82) is 0 Å². The Morgan fingerprint density at radius 3 is 2.43 bits per heavy atom. The number of anilines is 2. The molecule has 2 aromatic heterocycles. The summed E-state index contributed by atoms with van der Waals surface area (Å²) in [4.78, 5) is 21.5. The number of carbonyl (C=O) groups is 1. The van der Waals surface area contributed by atoms with Gasteiger partial charge < -0.3 is 10.2 Å². The van der Waals surface area contributed by atoms with E-state index in [2.05, 4.69) is 22.3 Å². The number of imidazole rings is 1. The van der Waals surface area contributed by atoms with Gasteiger partial charge in [-0.2, -0.15) is 0 Å². The number of fused-ring (bicyclic) bond motifs is 1. The lowest BCUT2D eigenvalue weighted by Gasteiger charge is -2.28. The summed E-state index contributed by atoms with van der Waals surface area (Å²) in [7, 11) is 0. The van der Waals surface area contributed by atoms with Crippen molar-refractivity contribution >= 4 is 33.6 Å². The highest BCUT2D eigenvalue weighted by molar-refractivity contribution is 7.19. The third-order valence-corrected chi connectivity index (χ3v) is 6.83. The molecule has 0 bridgehead atoms. The summed E-state index contributed by atoms with van der Waals surface area (Å²) in [5, 5.41) is 3.04. The molecular weight excluding hydrogens is 392 g/mol. The maximum Gasteiger partial charge on any atom is 0.267 e. The molecular formula is C24H24N4OS. The number of thiazole rings is 1. The van der Waals surface area contributed by atoms with E-state index in [1.54, 1.807) is 0 Å². The number of nitrogens with zero attached hydrogens (tertiary/aromatic N) is 3. The van der Waals surface area contributed by atoms with E-state index in [0.717, 1.165) is 40.7 Å². The zero-order valence-corrected chi connectivity index (χ0v) is 17.8. The molecule has 0 saturated carbocycles. The number of aryl methyl sites for hydroxylation is 1. The summed E-state index contributed by atoms with van der Waals surface area (Å²) < 4.78 is 2.00. The van der Waals surface area contributed by atoms with E-state index in [4.69, 9.17) is 4.98 Å². The molecule has 2 aromatic carbocycles. The van der Waals surface area contributed by atoms with Crippen LogP contribution >= 0.6 is 11.3 Å². The third-order valence-electron chi connectivity index (χ3n) is 5.68. The minimum absolute atomic E-state index is 0.0880. The molecule has 0 atom stereocenters. The average molecular weight is 417 g/mol. The van der Waals surface area contributed by atoms with Gasteiger partial charge in [0.05, 0.1) is 5.69 Å². The molecule has 0 radical (unpaired) electrons. The lowest BCUT2D eigenvalue weighted by atomic mass is 10.1. The van der Waals surface area contributed by atoms with Gasteiger partial charge in [0.1, 0.15) is 4.88 Å². The molecule has 1 saturated heterocycles. The predicted octanol–water partition coefficient (Wildman–Crippen LogP) is 5.61.